The van der Waals surface area contributed by atoms with Crippen molar-refractivity contribution in [2.75, 3.05) is 25.1 Å². The first-order chi connectivity index (χ1) is 8.11. The van der Waals surface area contributed by atoms with E-state index in [9.17, 15) is 4.79 Å². The summed E-state index contributed by atoms with van der Waals surface area (Å²) in [5.41, 5.74) is -0.0728. The molecule has 0 fully saturated rings. The summed E-state index contributed by atoms with van der Waals surface area (Å²) in [5.74, 6) is -0.335. The number of nitrogens with zero attached hydrogens (tertiary/aromatic N) is 2. The summed E-state index contributed by atoms with van der Waals surface area (Å²) < 4.78 is 5.36. The summed E-state index contributed by atoms with van der Waals surface area (Å²) in [7, 11) is 0. The molecule has 17 heavy (non-hydrogen) atoms. The molecule has 2 N–H and O–H groups in total. The van der Waals surface area contributed by atoms with Crippen molar-refractivity contribution in [2.24, 2.45) is 5.92 Å². The topological polar surface area (TPSA) is 84.3 Å². The van der Waals surface area contributed by atoms with Crippen molar-refractivity contribution in [1.82, 2.24) is 9.97 Å². The van der Waals surface area contributed by atoms with Crippen molar-refractivity contribution in [1.29, 1.82) is 0 Å². The van der Waals surface area contributed by atoms with Crippen LogP contribution in [0.3, 0.4) is 0 Å². The average Bonchev–Trinajstić information content (AvgIpc) is 2.28. The first-order valence-electron chi connectivity index (χ1n) is 5.47. The van der Waals surface area contributed by atoms with Crippen LogP contribution in [0.2, 0.25) is 0 Å². The van der Waals surface area contributed by atoms with E-state index in [2.05, 4.69) is 29.1 Å². The van der Waals surface area contributed by atoms with E-state index in [0.29, 0.717) is 25.7 Å². The fraction of sp³-hybridized carbons (Fsp3) is 0.545. The smallest absolute Gasteiger partial charge is 0.358 e. The second kappa shape index (κ2) is 6.80. The maximum absolute atomic E-state index is 10.8. The zero-order valence-electron chi connectivity index (χ0n) is 10.0. The molecule has 0 amide bonds. The van der Waals surface area contributed by atoms with Crippen molar-refractivity contribution in [2.45, 2.75) is 13.8 Å². The van der Waals surface area contributed by atoms with Crippen LogP contribution >= 0.6 is 0 Å². The quantitative estimate of drug-likeness (QED) is 0.697. The summed E-state index contributed by atoms with van der Waals surface area (Å²) in [5, 5.41) is 11.8. The molecule has 1 aromatic heterocycles. The van der Waals surface area contributed by atoms with E-state index in [-0.39, 0.29) is 11.5 Å². The summed E-state index contributed by atoms with van der Waals surface area (Å²) in [6.45, 7) is 5.84. The first kappa shape index (κ1) is 13.4. The summed E-state index contributed by atoms with van der Waals surface area (Å²) in [6.07, 6.45) is 2.80. The summed E-state index contributed by atoms with van der Waals surface area (Å²) in [4.78, 5) is 18.5. The molecule has 0 aromatic carbocycles. The van der Waals surface area contributed by atoms with Gasteiger partial charge in [0, 0.05) is 25.5 Å². The van der Waals surface area contributed by atoms with Crippen LogP contribution in [0, 0.1) is 5.92 Å². The number of aromatic carboxylic acids is 1. The maximum Gasteiger partial charge on any atom is 0.358 e. The average molecular weight is 239 g/mol. The van der Waals surface area contributed by atoms with Crippen molar-refractivity contribution in [3.05, 3.63) is 18.1 Å². The molecule has 0 unspecified atom stereocenters. The molecular weight excluding hydrogens is 222 g/mol. The number of ether oxygens (including phenoxy) is 1. The van der Waals surface area contributed by atoms with Crippen molar-refractivity contribution < 1.29 is 14.6 Å². The number of carbonyl (C=O) groups is 1. The monoisotopic (exact) mass is 239 g/mol. The largest absolute Gasteiger partial charge is 0.476 e. The van der Waals surface area contributed by atoms with Gasteiger partial charge in [0.2, 0.25) is 0 Å². The fourth-order valence-electron chi connectivity index (χ4n) is 1.18. The van der Waals surface area contributed by atoms with Gasteiger partial charge in [0.25, 0.3) is 0 Å². The molecule has 0 bridgehead atoms. The Morgan fingerprint density at radius 3 is 2.82 bits per heavy atom. The lowest BCUT2D eigenvalue weighted by Gasteiger charge is -2.09. The summed E-state index contributed by atoms with van der Waals surface area (Å²) >= 11 is 0. The van der Waals surface area contributed by atoms with E-state index in [4.69, 9.17) is 9.84 Å². The molecule has 0 saturated heterocycles. The molecule has 6 nitrogen and oxygen atoms in total. The van der Waals surface area contributed by atoms with Gasteiger partial charge in [-0.2, -0.15) is 0 Å². The van der Waals surface area contributed by atoms with Crippen LogP contribution in [0.25, 0.3) is 0 Å². The molecule has 0 aliphatic carbocycles. The van der Waals surface area contributed by atoms with E-state index < -0.39 is 5.97 Å². The highest BCUT2D eigenvalue weighted by Gasteiger charge is 2.11. The lowest BCUT2D eigenvalue weighted by molar-refractivity contribution is 0.0691. The molecule has 1 rings (SSSR count). The first-order valence-corrected chi connectivity index (χ1v) is 5.47. The van der Waals surface area contributed by atoms with Crippen molar-refractivity contribution in [3.8, 4) is 0 Å². The zero-order valence-corrected chi connectivity index (χ0v) is 10.0. The third-order valence-corrected chi connectivity index (χ3v) is 1.89. The fourth-order valence-corrected chi connectivity index (χ4v) is 1.18. The normalized spacial score (nSPS) is 10.5. The standard InChI is InChI=1S/C11H17N3O3/c1-8(2)7-17-6-5-14-10-9(11(15)16)12-3-4-13-10/h3-4,8H,5-7H2,1-2H3,(H,13,14)(H,15,16). The van der Waals surface area contributed by atoms with E-state index in [1.165, 1.54) is 12.4 Å². The predicted molar refractivity (Wildman–Crippen MR) is 63.1 cm³/mol. The van der Waals surface area contributed by atoms with Crippen LogP contribution in [-0.4, -0.2) is 40.8 Å². The number of nitrogens with one attached hydrogen (secondary N) is 1. The highest BCUT2D eigenvalue weighted by molar-refractivity contribution is 5.90. The van der Waals surface area contributed by atoms with Gasteiger partial charge in [-0.3, -0.25) is 0 Å². The predicted octanol–water partition coefficient (Wildman–Crippen LogP) is 1.26. The highest BCUT2D eigenvalue weighted by Crippen LogP contribution is 2.07. The second-order valence-corrected chi connectivity index (χ2v) is 3.95. The van der Waals surface area contributed by atoms with E-state index >= 15 is 0 Å². The Morgan fingerprint density at radius 1 is 1.47 bits per heavy atom. The van der Waals surface area contributed by atoms with Crippen LogP contribution in [0.15, 0.2) is 12.4 Å². The zero-order chi connectivity index (χ0) is 12.7. The van der Waals surface area contributed by atoms with Gasteiger partial charge in [0.15, 0.2) is 11.5 Å². The van der Waals surface area contributed by atoms with Gasteiger partial charge in [-0.25, -0.2) is 14.8 Å². The minimum absolute atomic E-state index is 0.0728. The number of anilines is 1. The molecule has 0 atom stereocenters. The van der Waals surface area contributed by atoms with Crippen LogP contribution in [0.5, 0.6) is 0 Å². The highest BCUT2D eigenvalue weighted by atomic mass is 16.5. The van der Waals surface area contributed by atoms with Crippen LogP contribution in [0.1, 0.15) is 24.3 Å². The van der Waals surface area contributed by atoms with Gasteiger partial charge in [-0.15, -0.1) is 0 Å². The van der Waals surface area contributed by atoms with Gasteiger partial charge < -0.3 is 15.2 Å². The number of carboxylic acid groups (broad SMARTS) is 1. The third kappa shape index (κ3) is 4.78. The lowest BCUT2D eigenvalue weighted by atomic mass is 10.2. The van der Waals surface area contributed by atoms with E-state index in [0.717, 1.165) is 0 Å². The molecule has 6 heteroatoms. The number of hydrogen-bond donors (Lipinski definition) is 2. The molecular formula is C11H17N3O3. The van der Waals surface area contributed by atoms with Gasteiger partial charge in [0.1, 0.15) is 0 Å². The lowest BCUT2D eigenvalue weighted by Crippen LogP contribution is -2.15. The van der Waals surface area contributed by atoms with Crippen LogP contribution < -0.4 is 5.32 Å². The van der Waals surface area contributed by atoms with Crippen LogP contribution in [-0.2, 0) is 4.74 Å². The molecule has 1 heterocycles. The molecule has 0 spiro atoms. The SMILES string of the molecule is CC(C)COCCNc1nccnc1C(=O)O. The van der Waals surface area contributed by atoms with E-state index in [1.807, 2.05) is 0 Å². The number of aromatic nitrogens is 2. The number of rotatable bonds is 7. The summed E-state index contributed by atoms with van der Waals surface area (Å²) in [6, 6.07) is 0. The van der Waals surface area contributed by atoms with Crippen molar-refractivity contribution >= 4 is 11.8 Å². The van der Waals surface area contributed by atoms with Crippen molar-refractivity contribution in [3.63, 3.8) is 0 Å². The number of carboxylic acids is 1. The van der Waals surface area contributed by atoms with Gasteiger partial charge in [0.05, 0.1) is 6.61 Å². The Balaban J connectivity index is 2.39. The van der Waals surface area contributed by atoms with Gasteiger partial charge in [-0.1, -0.05) is 13.8 Å². The maximum atomic E-state index is 10.8. The number of hydrogen-bond acceptors (Lipinski definition) is 5. The van der Waals surface area contributed by atoms with Crippen LogP contribution in [0.4, 0.5) is 5.82 Å². The van der Waals surface area contributed by atoms with E-state index in [1.54, 1.807) is 0 Å². The molecule has 0 radical (unpaired) electrons. The Labute approximate surface area is 100 Å². The Kier molecular flexibility index (Phi) is 5.35. The minimum Gasteiger partial charge on any atom is -0.476 e. The molecule has 1 aromatic rings. The van der Waals surface area contributed by atoms with Gasteiger partial charge >= 0.3 is 5.97 Å². The van der Waals surface area contributed by atoms with Gasteiger partial charge in [-0.05, 0) is 5.92 Å². The molecule has 94 valence electrons. The molecule has 0 saturated carbocycles. The molecule has 0 aliphatic rings. The Bertz CT molecular complexity index is 369. The Morgan fingerprint density at radius 2 is 2.18 bits per heavy atom. The minimum atomic E-state index is -1.09. The third-order valence-electron chi connectivity index (χ3n) is 1.89. The molecule has 0 aliphatic heterocycles. The second-order valence-electron chi connectivity index (χ2n) is 3.95. The Hall–Kier alpha value is -1.69.